The summed E-state index contributed by atoms with van der Waals surface area (Å²) in [6.45, 7) is 2.54. The molecule has 0 spiro atoms. The van der Waals surface area contributed by atoms with Gasteiger partial charge in [0.05, 0.1) is 6.61 Å². The first-order valence-electron chi connectivity index (χ1n) is 6.42. The SMILES string of the molecule is CCOc1ccccc1C(N)Cc1cccc(F)c1. The quantitative estimate of drug-likeness (QED) is 0.892. The van der Waals surface area contributed by atoms with Gasteiger partial charge in [-0.3, -0.25) is 0 Å². The van der Waals surface area contributed by atoms with Crippen molar-refractivity contribution >= 4 is 0 Å². The monoisotopic (exact) mass is 259 g/mol. The maximum absolute atomic E-state index is 13.2. The standard InChI is InChI=1S/C16H18FNO/c1-2-19-16-9-4-3-8-14(16)15(18)11-12-6-5-7-13(17)10-12/h3-10,15H,2,11,18H2,1H3. The smallest absolute Gasteiger partial charge is 0.124 e. The number of halogens is 1. The molecular formula is C16H18FNO. The molecule has 19 heavy (non-hydrogen) atoms. The van der Waals surface area contributed by atoms with Crippen molar-refractivity contribution in [2.24, 2.45) is 5.73 Å². The molecule has 2 N–H and O–H groups in total. The zero-order chi connectivity index (χ0) is 13.7. The molecule has 0 radical (unpaired) electrons. The van der Waals surface area contributed by atoms with Crippen LogP contribution in [0.5, 0.6) is 5.75 Å². The Kier molecular flexibility index (Phi) is 4.53. The highest BCUT2D eigenvalue weighted by molar-refractivity contribution is 5.36. The summed E-state index contributed by atoms with van der Waals surface area (Å²) in [5.41, 5.74) is 8.05. The van der Waals surface area contributed by atoms with Crippen molar-refractivity contribution < 1.29 is 9.13 Å². The van der Waals surface area contributed by atoms with Gasteiger partial charge < -0.3 is 10.5 Å². The van der Waals surface area contributed by atoms with Gasteiger partial charge in [-0.1, -0.05) is 30.3 Å². The molecule has 2 rings (SSSR count). The van der Waals surface area contributed by atoms with Crippen LogP contribution in [0.3, 0.4) is 0 Å². The van der Waals surface area contributed by atoms with Gasteiger partial charge in [-0.2, -0.15) is 0 Å². The lowest BCUT2D eigenvalue weighted by Crippen LogP contribution is -2.15. The Hall–Kier alpha value is -1.87. The molecule has 0 aromatic heterocycles. The van der Waals surface area contributed by atoms with Gasteiger partial charge in [0.15, 0.2) is 0 Å². The predicted molar refractivity (Wildman–Crippen MR) is 74.6 cm³/mol. The van der Waals surface area contributed by atoms with E-state index in [0.717, 1.165) is 16.9 Å². The van der Waals surface area contributed by atoms with Gasteiger partial charge in [0.1, 0.15) is 11.6 Å². The van der Waals surface area contributed by atoms with E-state index in [0.29, 0.717) is 13.0 Å². The van der Waals surface area contributed by atoms with Crippen molar-refractivity contribution in [2.45, 2.75) is 19.4 Å². The Morgan fingerprint density at radius 2 is 1.95 bits per heavy atom. The topological polar surface area (TPSA) is 35.2 Å². The maximum Gasteiger partial charge on any atom is 0.124 e. The van der Waals surface area contributed by atoms with Crippen LogP contribution in [-0.2, 0) is 6.42 Å². The Morgan fingerprint density at radius 3 is 2.68 bits per heavy atom. The lowest BCUT2D eigenvalue weighted by molar-refractivity contribution is 0.334. The lowest BCUT2D eigenvalue weighted by atomic mass is 9.99. The Bertz CT molecular complexity index is 542. The highest BCUT2D eigenvalue weighted by Crippen LogP contribution is 2.26. The molecule has 0 bridgehead atoms. The van der Waals surface area contributed by atoms with Crippen molar-refractivity contribution in [3.05, 3.63) is 65.5 Å². The summed E-state index contributed by atoms with van der Waals surface area (Å²) in [5.74, 6) is 0.566. The molecule has 0 heterocycles. The highest BCUT2D eigenvalue weighted by atomic mass is 19.1. The van der Waals surface area contributed by atoms with Crippen molar-refractivity contribution in [3.8, 4) is 5.75 Å². The van der Waals surface area contributed by atoms with Crippen molar-refractivity contribution in [3.63, 3.8) is 0 Å². The number of para-hydroxylation sites is 1. The van der Waals surface area contributed by atoms with Gasteiger partial charge in [0.2, 0.25) is 0 Å². The van der Waals surface area contributed by atoms with E-state index in [1.165, 1.54) is 12.1 Å². The summed E-state index contributed by atoms with van der Waals surface area (Å²) >= 11 is 0. The van der Waals surface area contributed by atoms with Crippen molar-refractivity contribution in [2.75, 3.05) is 6.61 Å². The average Bonchev–Trinajstić information content (AvgIpc) is 2.39. The largest absolute Gasteiger partial charge is 0.494 e. The zero-order valence-corrected chi connectivity index (χ0v) is 11.0. The second kappa shape index (κ2) is 6.34. The van der Waals surface area contributed by atoms with Crippen LogP contribution in [0.1, 0.15) is 24.1 Å². The molecule has 100 valence electrons. The van der Waals surface area contributed by atoms with Crippen LogP contribution in [0.15, 0.2) is 48.5 Å². The molecule has 0 fully saturated rings. The molecule has 2 aromatic rings. The van der Waals surface area contributed by atoms with E-state index in [2.05, 4.69) is 0 Å². The van der Waals surface area contributed by atoms with E-state index < -0.39 is 0 Å². The van der Waals surface area contributed by atoms with Crippen LogP contribution in [0.25, 0.3) is 0 Å². The summed E-state index contributed by atoms with van der Waals surface area (Å²) < 4.78 is 18.7. The third-order valence-corrected chi connectivity index (χ3v) is 2.96. The molecule has 3 heteroatoms. The highest BCUT2D eigenvalue weighted by Gasteiger charge is 2.12. The predicted octanol–water partition coefficient (Wildman–Crippen LogP) is 3.47. The summed E-state index contributed by atoms with van der Waals surface area (Å²) in [7, 11) is 0. The Labute approximate surface area is 113 Å². The van der Waals surface area contributed by atoms with Crippen LogP contribution < -0.4 is 10.5 Å². The molecule has 0 amide bonds. The van der Waals surface area contributed by atoms with E-state index in [-0.39, 0.29) is 11.9 Å². The molecule has 1 unspecified atom stereocenters. The minimum absolute atomic E-state index is 0.204. The third-order valence-electron chi connectivity index (χ3n) is 2.96. The minimum Gasteiger partial charge on any atom is -0.494 e. The third kappa shape index (κ3) is 3.55. The number of rotatable bonds is 5. The molecule has 0 saturated carbocycles. The van der Waals surface area contributed by atoms with Gasteiger partial charge in [-0.05, 0) is 37.1 Å². The van der Waals surface area contributed by atoms with Crippen LogP contribution in [0.2, 0.25) is 0 Å². The van der Waals surface area contributed by atoms with Crippen molar-refractivity contribution in [1.29, 1.82) is 0 Å². The molecule has 2 aromatic carbocycles. The summed E-state index contributed by atoms with van der Waals surface area (Å²) in [5, 5.41) is 0. The maximum atomic E-state index is 13.2. The van der Waals surface area contributed by atoms with E-state index in [1.54, 1.807) is 6.07 Å². The normalized spacial score (nSPS) is 12.2. The molecule has 0 aliphatic carbocycles. The van der Waals surface area contributed by atoms with Crippen LogP contribution in [0, 0.1) is 5.82 Å². The first-order chi connectivity index (χ1) is 9.20. The summed E-state index contributed by atoms with van der Waals surface area (Å²) in [6, 6.07) is 14.0. The van der Waals surface area contributed by atoms with Crippen LogP contribution in [-0.4, -0.2) is 6.61 Å². The van der Waals surface area contributed by atoms with Crippen LogP contribution in [0.4, 0.5) is 4.39 Å². The number of ether oxygens (including phenoxy) is 1. The van der Waals surface area contributed by atoms with E-state index in [1.807, 2.05) is 37.3 Å². The number of hydrogen-bond acceptors (Lipinski definition) is 2. The second-order valence-electron chi connectivity index (χ2n) is 4.41. The van der Waals surface area contributed by atoms with E-state index >= 15 is 0 Å². The van der Waals surface area contributed by atoms with Crippen LogP contribution >= 0.6 is 0 Å². The van der Waals surface area contributed by atoms with Gasteiger partial charge >= 0.3 is 0 Å². The van der Waals surface area contributed by atoms with Gasteiger partial charge in [0, 0.05) is 11.6 Å². The fourth-order valence-electron chi connectivity index (χ4n) is 2.10. The molecule has 0 aliphatic heterocycles. The minimum atomic E-state index is -0.234. The van der Waals surface area contributed by atoms with Gasteiger partial charge in [-0.25, -0.2) is 4.39 Å². The van der Waals surface area contributed by atoms with E-state index in [4.69, 9.17) is 10.5 Å². The number of nitrogens with two attached hydrogens (primary N) is 1. The second-order valence-corrected chi connectivity index (χ2v) is 4.41. The summed E-state index contributed by atoms with van der Waals surface area (Å²) in [6.07, 6.45) is 0.585. The molecule has 0 aliphatic rings. The molecular weight excluding hydrogens is 241 g/mol. The molecule has 1 atom stereocenters. The zero-order valence-electron chi connectivity index (χ0n) is 11.0. The van der Waals surface area contributed by atoms with Gasteiger partial charge in [0.25, 0.3) is 0 Å². The average molecular weight is 259 g/mol. The molecule has 2 nitrogen and oxygen atoms in total. The summed E-state index contributed by atoms with van der Waals surface area (Å²) in [4.78, 5) is 0. The van der Waals surface area contributed by atoms with Gasteiger partial charge in [-0.15, -0.1) is 0 Å². The Balaban J connectivity index is 2.17. The van der Waals surface area contributed by atoms with E-state index in [9.17, 15) is 4.39 Å². The Morgan fingerprint density at radius 1 is 1.16 bits per heavy atom. The number of benzene rings is 2. The number of hydrogen-bond donors (Lipinski definition) is 1. The first-order valence-corrected chi connectivity index (χ1v) is 6.42. The fraction of sp³-hybridized carbons (Fsp3) is 0.250. The first kappa shape index (κ1) is 13.6. The fourth-order valence-corrected chi connectivity index (χ4v) is 2.10. The van der Waals surface area contributed by atoms with Crippen molar-refractivity contribution in [1.82, 2.24) is 0 Å². The molecule has 0 saturated heterocycles. The lowest BCUT2D eigenvalue weighted by Gasteiger charge is -2.16.